The summed E-state index contributed by atoms with van der Waals surface area (Å²) in [6.45, 7) is 2.44. The molecule has 2 aromatic rings. The minimum Gasteiger partial charge on any atom is -0.337 e. The Kier molecular flexibility index (Phi) is 4.96. The van der Waals surface area contributed by atoms with Crippen molar-refractivity contribution in [1.82, 2.24) is 10.3 Å². The van der Waals surface area contributed by atoms with Gasteiger partial charge in [-0.05, 0) is 42.7 Å². The van der Waals surface area contributed by atoms with Gasteiger partial charge >= 0.3 is 6.03 Å². The van der Waals surface area contributed by atoms with E-state index in [0.717, 1.165) is 17.5 Å². The first-order chi connectivity index (χ1) is 9.65. The van der Waals surface area contributed by atoms with E-state index in [0.29, 0.717) is 17.4 Å². The van der Waals surface area contributed by atoms with Crippen molar-refractivity contribution in [1.29, 1.82) is 0 Å². The van der Waals surface area contributed by atoms with Gasteiger partial charge in [-0.3, -0.25) is 5.32 Å². The molecule has 0 unspecified atom stereocenters. The van der Waals surface area contributed by atoms with E-state index in [9.17, 15) is 4.79 Å². The van der Waals surface area contributed by atoms with Gasteiger partial charge in [-0.15, -0.1) is 0 Å². The SMILES string of the molecule is Cc1cccnc1NC(=O)NCCc1cccc(Cl)c1. The van der Waals surface area contributed by atoms with E-state index in [1.54, 1.807) is 6.20 Å². The predicted molar refractivity (Wildman–Crippen MR) is 81.2 cm³/mol. The van der Waals surface area contributed by atoms with Crippen LogP contribution in [0.3, 0.4) is 0 Å². The maximum absolute atomic E-state index is 11.7. The highest BCUT2D eigenvalue weighted by atomic mass is 35.5. The van der Waals surface area contributed by atoms with Crippen molar-refractivity contribution in [3.8, 4) is 0 Å². The molecule has 1 aromatic carbocycles. The number of anilines is 1. The number of nitrogens with one attached hydrogen (secondary N) is 2. The Balaban J connectivity index is 1.80. The quantitative estimate of drug-likeness (QED) is 0.906. The molecule has 2 amide bonds. The van der Waals surface area contributed by atoms with Gasteiger partial charge in [0.25, 0.3) is 0 Å². The van der Waals surface area contributed by atoms with Gasteiger partial charge in [0.15, 0.2) is 0 Å². The molecular formula is C15H16ClN3O. The molecule has 0 aliphatic heterocycles. The number of pyridine rings is 1. The number of hydrogen-bond acceptors (Lipinski definition) is 2. The van der Waals surface area contributed by atoms with Crippen molar-refractivity contribution in [3.05, 3.63) is 58.7 Å². The van der Waals surface area contributed by atoms with E-state index in [1.165, 1.54) is 0 Å². The molecule has 0 saturated carbocycles. The standard InChI is InChI=1S/C15H16ClN3O/c1-11-4-3-8-17-14(11)19-15(20)18-9-7-12-5-2-6-13(16)10-12/h2-6,8,10H,7,9H2,1H3,(H2,17,18,19,20). The van der Waals surface area contributed by atoms with Crippen LogP contribution in [-0.4, -0.2) is 17.6 Å². The van der Waals surface area contributed by atoms with Crippen molar-refractivity contribution in [2.45, 2.75) is 13.3 Å². The second kappa shape index (κ2) is 6.91. The van der Waals surface area contributed by atoms with E-state index < -0.39 is 0 Å². The fraction of sp³-hybridized carbons (Fsp3) is 0.200. The Bertz CT molecular complexity index is 601. The first-order valence-corrected chi connectivity index (χ1v) is 6.74. The number of rotatable bonds is 4. The van der Waals surface area contributed by atoms with Crippen LogP contribution < -0.4 is 10.6 Å². The van der Waals surface area contributed by atoms with Crippen LogP contribution in [0.25, 0.3) is 0 Å². The van der Waals surface area contributed by atoms with Gasteiger partial charge in [-0.25, -0.2) is 9.78 Å². The molecule has 5 heteroatoms. The molecule has 0 spiro atoms. The van der Waals surface area contributed by atoms with Crippen molar-refractivity contribution in [2.24, 2.45) is 0 Å². The summed E-state index contributed by atoms with van der Waals surface area (Å²) in [6, 6.07) is 11.1. The lowest BCUT2D eigenvalue weighted by Gasteiger charge is -2.08. The van der Waals surface area contributed by atoms with Gasteiger partial charge in [0.05, 0.1) is 0 Å². The second-order valence-corrected chi connectivity index (χ2v) is 4.87. The van der Waals surface area contributed by atoms with Crippen LogP contribution in [0.2, 0.25) is 5.02 Å². The summed E-state index contributed by atoms with van der Waals surface area (Å²) >= 11 is 5.90. The zero-order valence-corrected chi connectivity index (χ0v) is 11.9. The molecule has 1 heterocycles. The summed E-state index contributed by atoms with van der Waals surface area (Å²) in [5, 5.41) is 6.22. The lowest BCUT2D eigenvalue weighted by molar-refractivity contribution is 0.252. The maximum Gasteiger partial charge on any atom is 0.320 e. The summed E-state index contributed by atoms with van der Waals surface area (Å²) in [4.78, 5) is 15.8. The second-order valence-electron chi connectivity index (χ2n) is 4.43. The molecule has 104 valence electrons. The molecule has 0 atom stereocenters. The third-order valence-electron chi connectivity index (χ3n) is 2.83. The number of carbonyl (C=O) groups is 1. The third kappa shape index (κ3) is 4.24. The Morgan fingerprint density at radius 3 is 2.90 bits per heavy atom. The summed E-state index contributed by atoms with van der Waals surface area (Å²) in [5.74, 6) is 0.577. The number of carbonyl (C=O) groups excluding carboxylic acids is 1. The molecule has 0 aliphatic carbocycles. The Morgan fingerprint density at radius 1 is 1.30 bits per heavy atom. The zero-order valence-electron chi connectivity index (χ0n) is 11.2. The van der Waals surface area contributed by atoms with Crippen LogP contribution in [0.15, 0.2) is 42.6 Å². The summed E-state index contributed by atoms with van der Waals surface area (Å²) in [7, 11) is 0. The van der Waals surface area contributed by atoms with Crippen molar-refractivity contribution in [3.63, 3.8) is 0 Å². The lowest BCUT2D eigenvalue weighted by atomic mass is 10.1. The highest BCUT2D eigenvalue weighted by Crippen LogP contribution is 2.11. The van der Waals surface area contributed by atoms with Crippen molar-refractivity contribution >= 4 is 23.4 Å². The summed E-state index contributed by atoms with van der Waals surface area (Å²) in [6.07, 6.45) is 2.38. The van der Waals surface area contributed by atoms with Crippen LogP contribution in [0, 0.1) is 6.92 Å². The van der Waals surface area contributed by atoms with Crippen LogP contribution in [0.5, 0.6) is 0 Å². The van der Waals surface area contributed by atoms with E-state index in [2.05, 4.69) is 15.6 Å². The smallest absolute Gasteiger partial charge is 0.320 e. The molecule has 2 N–H and O–H groups in total. The first-order valence-electron chi connectivity index (χ1n) is 6.36. The molecule has 4 nitrogen and oxygen atoms in total. The Hall–Kier alpha value is -2.07. The number of nitrogens with zero attached hydrogens (tertiary/aromatic N) is 1. The number of halogens is 1. The van der Waals surface area contributed by atoms with Gasteiger partial charge in [0, 0.05) is 17.8 Å². The van der Waals surface area contributed by atoms with Crippen LogP contribution >= 0.6 is 11.6 Å². The van der Waals surface area contributed by atoms with Crippen LogP contribution in [-0.2, 0) is 6.42 Å². The molecule has 0 radical (unpaired) electrons. The number of aryl methyl sites for hydroxylation is 1. The highest BCUT2D eigenvalue weighted by molar-refractivity contribution is 6.30. The molecular weight excluding hydrogens is 274 g/mol. The van der Waals surface area contributed by atoms with Gasteiger partial charge in [-0.2, -0.15) is 0 Å². The van der Waals surface area contributed by atoms with E-state index in [-0.39, 0.29) is 6.03 Å². The minimum absolute atomic E-state index is 0.256. The number of aromatic nitrogens is 1. The topological polar surface area (TPSA) is 54.0 Å². The molecule has 0 bridgehead atoms. The first kappa shape index (κ1) is 14.3. The monoisotopic (exact) mass is 289 g/mol. The number of benzene rings is 1. The molecule has 1 aromatic heterocycles. The van der Waals surface area contributed by atoms with E-state index in [1.807, 2.05) is 43.3 Å². The Labute approximate surface area is 123 Å². The number of urea groups is 1. The maximum atomic E-state index is 11.7. The fourth-order valence-corrected chi connectivity index (χ4v) is 1.99. The molecule has 20 heavy (non-hydrogen) atoms. The van der Waals surface area contributed by atoms with Gasteiger partial charge in [-0.1, -0.05) is 29.8 Å². The van der Waals surface area contributed by atoms with Crippen molar-refractivity contribution < 1.29 is 4.79 Å². The molecule has 0 fully saturated rings. The van der Waals surface area contributed by atoms with E-state index >= 15 is 0 Å². The summed E-state index contributed by atoms with van der Waals surface area (Å²) < 4.78 is 0. The van der Waals surface area contributed by atoms with Crippen LogP contribution in [0.4, 0.5) is 10.6 Å². The zero-order chi connectivity index (χ0) is 14.4. The molecule has 0 saturated heterocycles. The third-order valence-corrected chi connectivity index (χ3v) is 3.06. The van der Waals surface area contributed by atoms with Gasteiger partial charge < -0.3 is 5.32 Å². The lowest BCUT2D eigenvalue weighted by Crippen LogP contribution is -2.31. The predicted octanol–water partition coefficient (Wildman–Crippen LogP) is 3.41. The van der Waals surface area contributed by atoms with Crippen molar-refractivity contribution in [2.75, 3.05) is 11.9 Å². The normalized spacial score (nSPS) is 10.1. The number of hydrogen-bond donors (Lipinski definition) is 2. The largest absolute Gasteiger partial charge is 0.337 e. The van der Waals surface area contributed by atoms with Gasteiger partial charge in [0.2, 0.25) is 0 Å². The van der Waals surface area contributed by atoms with E-state index in [4.69, 9.17) is 11.6 Å². The molecule has 0 aliphatic rings. The highest BCUT2D eigenvalue weighted by Gasteiger charge is 2.04. The fourth-order valence-electron chi connectivity index (χ4n) is 1.78. The minimum atomic E-state index is -0.256. The molecule has 2 rings (SSSR count). The average Bonchev–Trinajstić information content (AvgIpc) is 2.41. The summed E-state index contributed by atoms with van der Waals surface area (Å²) in [5.41, 5.74) is 2.02. The Morgan fingerprint density at radius 2 is 2.15 bits per heavy atom. The van der Waals surface area contributed by atoms with Crippen LogP contribution in [0.1, 0.15) is 11.1 Å². The number of amides is 2. The average molecular weight is 290 g/mol. The van der Waals surface area contributed by atoms with Gasteiger partial charge in [0.1, 0.15) is 5.82 Å².